The molecule has 4 atom stereocenters. The van der Waals surface area contributed by atoms with E-state index >= 15 is 0 Å². The van der Waals surface area contributed by atoms with Crippen molar-refractivity contribution in [1.29, 1.82) is 0 Å². The van der Waals surface area contributed by atoms with E-state index in [-0.39, 0.29) is 18.6 Å². The molecular weight excluding hydrogens is 304 g/mol. The summed E-state index contributed by atoms with van der Waals surface area (Å²) in [6, 6.07) is 0. The van der Waals surface area contributed by atoms with Crippen molar-refractivity contribution in [2.24, 2.45) is 5.92 Å². The van der Waals surface area contributed by atoms with Crippen LogP contribution in [0.25, 0.3) is 0 Å². The van der Waals surface area contributed by atoms with Crippen LogP contribution in [0.4, 0.5) is 0 Å². The highest BCUT2D eigenvalue weighted by atomic mass is 16.5. The zero-order valence-electron chi connectivity index (χ0n) is 15.6. The van der Waals surface area contributed by atoms with E-state index in [1.54, 1.807) is 0 Å². The second-order valence-corrected chi connectivity index (χ2v) is 8.36. The van der Waals surface area contributed by atoms with Crippen molar-refractivity contribution in [3.8, 4) is 0 Å². The lowest BCUT2D eigenvalue weighted by Crippen LogP contribution is -2.55. The number of aliphatic hydroxyl groups is 3. The molecule has 0 aromatic carbocycles. The van der Waals surface area contributed by atoms with Crippen LogP contribution in [0.5, 0.6) is 0 Å². The van der Waals surface area contributed by atoms with Crippen LogP contribution in [-0.2, 0) is 4.74 Å². The standard InChI is InChI=1S/C20H34O4/c1-15(2)20-12-10-18(3,22)9-5-6-16(14-21)7-8-17(24-20)19(4,23)11-13-20/h6,10,12,15,17,21-23H,5,7-9,11,13-14H2,1-4H3/b12-10+,16-6-/t17-,18-,19-,20+/m0/s1. The molecule has 2 aliphatic rings. The van der Waals surface area contributed by atoms with Crippen molar-refractivity contribution >= 4 is 0 Å². The molecule has 24 heavy (non-hydrogen) atoms. The van der Waals surface area contributed by atoms with Gasteiger partial charge in [0.15, 0.2) is 0 Å². The first kappa shape index (κ1) is 19.6. The van der Waals surface area contributed by atoms with Crippen LogP contribution in [0.1, 0.15) is 66.2 Å². The predicted molar refractivity (Wildman–Crippen MR) is 95.7 cm³/mol. The Morgan fingerprint density at radius 3 is 2.50 bits per heavy atom. The van der Waals surface area contributed by atoms with Crippen LogP contribution in [0.3, 0.4) is 0 Å². The molecule has 0 aliphatic carbocycles. The van der Waals surface area contributed by atoms with Gasteiger partial charge in [0.25, 0.3) is 0 Å². The first-order valence-electron chi connectivity index (χ1n) is 9.22. The van der Waals surface area contributed by atoms with Gasteiger partial charge in [0, 0.05) is 0 Å². The van der Waals surface area contributed by atoms with E-state index < -0.39 is 16.8 Å². The Morgan fingerprint density at radius 1 is 1.17 bits per heavy atom. The molecule has 4 heteroatoms. The number of allylic oxidation sites excluding steroid dienone is 1. The van der Waals surface area contributed by atoms with E-state index in [1.165, 1.54) is 0 Å². The normalized spacial score (nSPS) is 45.0. The maximum absolute atomic E-state index is 10.8. The second kappa shape index (κ2) is 7.28. The average molecular weight is 338 g/mol. The van der Waals surface area contributed by atoms with E-state index in [9.17, 15) is 15.3 Å². The molecule has 0 radical (unpaired) electrons. The number of hydrogen-bond acceptors (Lipinski definition) is 4. The Morgan fingerprint density at radius 2 is 1.88 bits per heavy atom. The van der Waals surface area contributed by atoms with Gasteiger partial charge in [-0.25, -0.2) is 0 Å². The molecule has 2 heterocycles. The van der Waals surface area contributed by atoms with E-state index in [0.29, 0.717) is 25.7 Å². The Balaban J connectivity index is 2.38. The summed E-state index contributed by atoms with van der Waals surface area (Å²) in [5, 5.41) is 31.0. The lowest BCUT2D eigenvalue weighted by molar-refractivity contribution is -0.210. The van der Waals surface area contributed by atoms with Crippen molar-refractivity contribution in [3.05, 3.63) is 23.8 Å². The summed E-state index contributed by atoms with van der Waals surface area (Å²) in [7, 11) is 0. The SMILES string of the molecule is CC(C)[C@]12/C=C/[C@@](C)(O)CC/C=C(\CO)CC[C@H](O1)[C@@](C)(O)CC2. The van der Waals surface area contributed by atoms with Crippen LogP contribution < -0.4 is 0 Å². The first-order chi connectivity index (χ1) is 11.1. The molecule has 0 unspecified atom stereocenters. The van der Waals surface area contributed by atoms with Gasteiger partial charge in [0.2, 0.25) is 0 Å². The third-order valence-corrected chi connectivity index (χ3v) is 5.79. The van der Waals surface area contributed by atoms with E-state index in [4.69, 9.17) is 4.74 Å². The quantitative estimate of drug-likeness (QED) is 0.677. The largest absolute Gasteiger partial charge is 0.392 e. The molecule has 0 aromatic heterocycles. The number of fused-ring (bicyclic) bond motifs is 2. The monoisotopic (exact) mass is 338 g/mol. The van der Waals surface area contributed by atoms with Gasteiger partial charge in [-0.05, 0) is 63.9 Å². The highest BCUT2D eigenvalue weighted by Crippen LogP contribution is 2.43. The van der Waals surface area contributed by atoms with Crippen LogP contribution in [0.2, 0.25) is 0 Å². The smallest absolute Gasteiger partial charge is 0.0892 e. The Bertz CT molecular complexity index is 490. The summed E-state index contributed by atoms with van der Waals surface area (Å²) >= 11 is 0. The van der Waals surface area contributed by atoms with Crippen LogP contribution in [0.15, 0.2) is 23.8 Å². The molecule has 1 saturated heterocycles. The van der Waals surface area contributed by atoms with Gasteiger partial charge in [-0.1, -0.05) is 32.1 Å². The average Bonchev–Trinajstić information content (AvgIpc) is 2.49. The fraction of sp³-hybridized carbons (Fsp3) is 0.800. The highest BCUT2D eigenvalue weighted by Gasteiger charge is 2.47. The molecule has 0 amide bonds. The first-order valence-corrected chi connectivity index (χ1v) is 9.22. The highest BCUT2D eigenvalue weighted by molar-refractivity contribution is 5.15. The molecular formula is C20H34O4. The minimum absolute atomic E-state index is 0.0160. The summed E-state index contributed by atoms with van der Waals surface area (Å²) < 4.78 is 6.45. The number of aliphatic hydroxyl groups excluding tert-OH is 1. The molecule has 138 valence electrons. The van der Waals surface area contributed by atoms with Crippen molar-refractivity contribution in [3.63, 3.8) is 0 Å². The topological polar surface area (TPSA) is 69.9 Å². The second-order valence-electron chi connectivity index (χ2n) is 8.36. The summed E-state index contributed by atoms with van der Waals surface area (Å²) in [6.45, 7) is 7.92. The Labute approximate surface area is 146 Å². The van der Waals surface area contributed by atoms with Gasteiger partial charge in [0.1, 0.15) is 0 Å². The van der Waals surface area contributed by atoms with Gasteiger partial charge < -0.3 is 20.1 Å². The third kappa shape index (κ3) is 4.48. The van der Waals surface area contributed by atoms with E-state index in [2.05, 4.69) is 13.8 Å². The van der Waals surface area contributed by atoms with Crippen molar-refractivity contribution in [2.45, 2.75) is 89.1 Å². The maximum Gasteiger partial charge on any atom is 0.0892 e. The summed E-state index contributed by atoms with van der Waals surface area (Å²) in [4.78, 5) is 0. The van der Waals surface area contributed by atoms with Gasteiger partial charge in [-0.2, -0.15) is 0 Å². The summed E-state index contributed by atoms with van der Waals surface area (Å²) in [6.07, 6.45) is 9.76. The van der Waals surface area contributed by atoms with Crippen LogP contribution >= 0.6 is 0 Å². The molecule has 3 N–H and O–H groups in total. The molecule has 2 bridgehead atoms. The van der Waals surface area contributed by atoms with Crippen LogP contribution in [0, 0.1) is 5.92 Å². The van der Waals surface area contributed by atoms with E-state index in [1.807, 2.05) is 32.1 Å². The number of rotatable bonds is 2. The lowest BCUT2D eigenvalue weighted by atomic mass is 9.75. The molecule has 0 spiro atoms. The lowest BCUT2D eigenvalue weighted by Gasteiger charge is -2.49. The summed E-state index contributed by atoms with van der Waals surface area (Å²) in [5.41, 5.74) is -1.27. The Kier molecular flexibility index (Phi) is 5.96. The van der Waals surface area contributed by atoms with Gasteiger partial charge >= 0.3 is 0 Å². The van der Waals surface area contributed by atoms with Gasteiger partial charge in [-0.15, -0.1) is 0 Å². The number of hydrogen-bond donors (Lipinski definition) is 3. The fourth-order valence-corrected chi connectivity index (χ4v) is 3.70. The van der Waals surface area contributed by atoms with Crippen molar-refractivity contribution in [1.82, 2.24) is 0 Å². The molecule has 0 aromatic rings. The molecule has 1 fully saturated rings. The van der Waals surface area contributed by atoms with Gasteiger partial charge in [-0.3, -0.25) is 0 Å². The predicted octanol–water partition coefficient (Wildman–Crippen LogP) is 3.11. The van der Waals surface area contributed by atoms with E-state index in [0.717, 1.165) is 18.4 Å². The minimum Gasteiger partial charge on any atom is -0.392 e. The molecule has 0 saturated carbocycles. The Hall–Kier alpha value is -0.680. The fourth-order valence-electron chi connectivity index (χ4n) is 3.70. The zero-order valence-corrected chi connectivity index (χ0v) is 15.6. The molecule has 2 aliphatic heterocycles. The molecule has 4 nitrogen and oxygen atoms in total. The molecule has 2 rings (SSSR count). The van der Waals surface area contributed by atoms with Crippen molar-refractivity contribution < 1.29 is 20.1 Å². The third-order valence-electron chi connectivity index (χ3n) is 5.79. The van der Waals surface area contributed by atoms with Crippen molar-refractivity contribution in [2.75, 3.05) is 6.61 Å². The number of ether oxygens (including phenoxy) is 1. The summed E-state index contributed by atoms with van der Waals surface area (Å²) in [5.74, 6) is 0.249. The maximum atomic E-state index is 10.8. The van der Waals surface area contributed by atoms with Gasteiger partial charge in [0.05, 0.1) is 29.5 Å². The minimum atomic E-state index is -0.906. The van der Waals surface area contributed by atoms with Crippen LogP contribution in [-0.4, -0.2) is 44.8 Å². The zero-order chi connectivity index (χ0) is 18.0.